The van der Waals surface area contributed by atoms with Crippen LogP contribution in [0.2, 0.25) is 0 Å². The summed E-state index contributed by atoms with van der Waals surface area (Å²) in [7, 11) is 3.91. The Morgan fingerprint density at radius 2 is 2.16 bits per heavy atom. The Kier molecular flexibility index (Phi) is 3.12. The van der Waals surface area contributed by atoms with Crippen LogP contribution in [-0.4, -0.2) is 23.4 Å². The summed E-state index contributed by atoms with van der Waals surface area (Å²) in [5.74, 6) is 0. The minimum atomic E-state index is 0.149. The van der Waals surface area contributed by atoms with Crippen molar-refractivity contribution in [3.05, 3.63) is 41.7 Å². The van der Waals surface area contributed by atoms with Crippen molar-refractivity contribution in [3.63, 3.8) is 0 Å². The van der Waals surface area contributed by atoms with Gasteiger partial charge in [0.2, 0.25) is 0 Å². The van der Waals surface area contributed by atoms with Crippen LogP contribution in [0.3, 0.4) is 0 Å². The lowest BCUT2D eigenvalue weighted by Gasteiger charge is -2.30. The van der Waals surface area contributed by atoms with Crippen molar-refractivity contribution in [2.24, 2.45) is 7.05 Å². The molecule has 1 aliphatic rings. The van der Waals surface area contributed by atoms with Crippen LogP contribution >= 0.6 is 0 Å². The van der Waals surface area contributed by atoms with Crippen LogP contribution in [0.15, 0.2) is 30.6 Å². The molecule has 3 rings (SSSR count). The van der Waals surface area contributed by atoms with Gasteiger partial charge in [-0.1, -0.05) is 12.1 Å². The van der Waals surface area contributed by atoms with Gasteiger partial charge in [0.15, 0.2) is 0 Å². The number of fused-ring (bicyclic) bond motifs is 1. The van der Waals surface area contributed by atoms with Gasteiger partial charge in [0, 0.05) is 18.8 Å². The Balaban J connectivity index is 2.05. The van der Waals surface area contributed by atoms with Crippen molar-refractivity contribution < 1.29 is 4.74 Å². The molecule has 1 aromatic heterocycles. The van der Waals surface area contributed by atoms with Crippen molar-refractivity contribution in [3.8, 4) is 11.1 Å². The minimum absolute atomic E-state index is 0.149. The predicted octanol–water partition coefficient (Wildman–Crippen LogP) is 2.44. The maximum absolute atomic E-state index is 5.82. The molecule has 0 fully saturated rings. The van der Waals surface area contributed by atoms with Crippen LogP contribution in [0.1, 0.15) is 30.2 Å². The van der Waals surface area contributed by atoms with E-state index in [0.29, 0.717) is 0 Å². The Hall–Kier alpha value is -1.65. The lowest BCUT2D eigenvalue weighted by Crippen LogP contribution is -2.28. The SMILES string of the molecule is CN[C@@H]1COC(C)c2cc(-c3cnn(C)c3)ccc21. The molecule has 2 atom stereocenters. The van der Waals surface area contributed by atoms with Gasteiger partial charge in [0.1, 0.15) is 0 Å². The van der Waals surface area contributed by atoms with Gasteiger partial charge < -0.3 is 10.1 Å². The Morgan fingerprint density at radius 1 is 1.32 bits per heavy atom. The number of likely N-dealkylation sites (N-methyl/N-ethyl adjacent to an activating group) is 1. The molecule has 0 aliphatic carbocycles. The second-order valence-electron chi connectivity index (χ2n) is 5.06. The highest BCUT2D eigenvalue weighted by Crippen LogP contribution is 2.35. The first kappa shape index (κ1) is 12.4. The van der Waals surface area contributed by atoms with E-state index < -0.39 is 0 Å². The molecular weight excluding hydrogens is 238 g/mol. The molecule has 0 bridgehead atoms. The number of nitrogens with one attached hydrogen (secondary N) is 1. The van der Waals surface area contributed by atoms with E-state index in [1.807, 2.05) is 31.2 Å². The number of hydrogen-bond acceptors (Lipinski definition) is 3. The number of benzene rings is 1. The molecule has 4 nitrogen and oxygen atoms in total. The topological polar surface area (TPSA) is 39.1 Å². The van der Waals surface area contributed by atoms with Gasteiger partial charge in [-0.25, -0.2) is 0 Å². The fraction of sp³-hybridized carbons (Fsp3) is 0.400. The molecule has 1 aromatic carbocycles. The number of nitrogens with zero attached hydrogens (tertiary/aromatic N) is 2. The van der Waals surface area contributed by atoms with E-state index in [-0.39, 0.29) is 12.1 Å². The van der Waals surface area contributed by atoms with Gasteiger partial charge in [0.25, 0.3) is 0 Å². The molecule has 2 aromatic rings. The van der Waals surface area contributed by atoms with E-state index in [1.165, 1.54) is 16.7 Å². The first-order valence-corrected chi connectivity index (χ1v) is 6.60. The lowest BCUT2D eigenvalue weighted by atomic mass is 9.92. The summed E-state index contributed by atoms with van der Waals surface area (Å²) in [5, 5.41) is 7.53. The van der Waals surface area contributed by atoms with Crippen LogP contribution in [0.4, 0.5) is 0 Å². The number of hydrogen-bond donors (Lipinski definition) is 1. The van der Waals surface area contributed by atoms with Crippen LogP contribution in [0.25, 0.3) is 11.1 Å². The third-order valence-electron chi connectivity index (χ3n) is 3.80. The number of ether oxygens (including phenoxy) is 1. The first-order chi connectivity index (χ1) is 9.19. The minimum Gasteiger partial charge on any atom is -0.372 e. The fourth-order valence-electron chi connectivity index (χ4n) is 2.65. The van der Waals surface area contributed by atoms with Crippen LogP contribution in [-0.2, 0) is 11.8 Å². The van der Waals surface area contributed by atoms with Crippen molar-refractivity contribution in [2.45, 2.75) is 19.1 Å². The molecule has 0 spiro atoms. The average Bonchev–Trinajstić information content (AvgIpc) is 2.86. The van der Waals surface area contributed by atoms with E-state index in [1.54, 1.807) is 0 Å². The van der Waals surface area contributed by atoms with Crippen molar-refractivity contribution in [2.75, 3.05) is 13.7 Å². The summed E-state index contributed by atoms with van der Waals surface area (Å²) in [6.45, 7) is 2.84. The zero-order valence-corrected chi connectivity index (χ0v) is 11.6. The van der Waals surface area contributed by atoms with E-state index in [4.69, 9.17) is 4.74 Å². The standard InChI is InChI=1S/C15H19N3O/c1-10-14-6-11(12-7-17-18(3)8-12)4-5-13(14)15(16-2)9-19-10/h4-8,10,15-16H,9H2,1-3H3/t10?,15-/m1/s1. The largest absolute Gasteiger partial charge is 0.372 e. The van der Waals surface area contributed by atoms with Gasteiger partial charge >= 0.3 is 0 Å². The molecule has 19 heavy (non-hydrogen) atoms. The summed E-state index contributed by atoms with van der Waals surface area (Å²) >= 11 is 0. The number of rotatable bonds is 2. The average molecular weight is 257 g/mol. The Labute approximate surface area is 113 Å². The molecule has 100 valence electrons. The molecule has 0 saturated carbocycles. The summed E-state index contributed by atoms with van der Waals surface area (Å²) in [4.78, 5) is 0. The molecule has 1 unspecified atom stereocenters. The van der Waals surface area contributed by atoms with E-state index in [0.717, 1.165) is 12.2 Å². The third kappa shape index (κ3) is 2.17. The second-order valence-corrected chi connectivity index (χ2v) is 5.06. The molecule has 0 radical (unpaired) electrons. The van der Waals surface area contributed by atoms with Gasteiger partial charge in [-0.05, 0) is 36.7 Å². The van der Waals surface area contributed by atoms with Gasteiger partial charge in [-0.3, -0.25) is 4.68 Å². The molecule has 0 amide bonds. The molecular formula is C15H19N3O. The maximum Gasteiger partial charge on any atom is 0.0801 e. The van der Waals surface area contributed by atoms with E-state index in [9.17, 15) is 0 Å². The van der Waals surface area contributed by atoms with Gasteiger partial charge in [-0.15, -0.1) is 0 Å². The molecule has 1 N–H and O–H groups in total. The van der Waals surface area contributed by atoms with Crippen LogP contribution in [0.5, 0.6) is 0 Å². The highest BCUT2D eigenvalue weighted by atomic mass is 16.5. The smallest absolute Gasteiger partial charge is 0.0801 e. The summed E-state index contributed by atoms with van der Waals surface area (Å²) in [6, 6.07) is 6.88. The van der Waals surface area contributed by atoms with Gasteiger partial charge in [-0.2, -0.15) is 5.10 Å². The first-order valence-electron chi connectivity index (χ1n) is 6.60. The number of aromatic nitrogens is 2. The summed E-state index contributed by atoms with van der Waals surface area (Å²) in [5.41, 5.74) is 4.95. The molecule has 1 aliphatic heterocycles. The van der Waals surface area contributed by atoms with E-state index in [2.05, 4.69) is 35.5 Å². The van der Waals surface area contributed by atoms with Crippen molar-refractivity contribution >= 4 is 0 Å². The zero-order chi connectivity index (χ0) is 13.4. The zero-order valence-electron chi connectivity index (χ0n) is 11.6. The Morgan fingerprint density at radius 3 is 2.84 bits per heavy atom. The van der Waals surface area contributed by atoms with Crippen molar-refractivity contribution in [1.82, 2.24) is 15.1 Å². The van der Waals surface area contributed by atoms with Crippen LogP contribution < -0.4 is 5.32 Å². The normalized spacial score (nSPS) is 22.3. The monoisotopic (exact) mass is 257 g/mol. The van der Waals surface area contributed by atoms with Crippen LogP contribution in [0, 0.1) is 0 Å². The Bertz CT molecular complexity index is 591. The fourth-order valence-corrected chi connectivity index (χ4v) is 2.65. The summed E-state index contributed by atoms with van der Waals surface area (Å²) < 4.78 is 7.65. The third-order valence-corrected chi connectivity index (χ3v) is 3.80. The number of aryl methyl sites for hydroxylation is 1. The molecule has 2 heterocycles. The quantitative estimate of drug-likeness (QED) is 0.898. The summed E-state index contributed by atoms with van der Waals surface area (Å²) in [6.07, 6.45) is 4.08. The van der Waals surface area contributed by atoms with Gasteiger partial charge in [0.05, 0.1) is 24.9 Å². The highest BCUT2D eigenvalue weighted by Gasteiger charge is 2.24. The predicted molar refractivity (Wildman–Crippen MR) is 74.8 cm³/mol. The highest BCUT2D eigenvalue weighted by molar-refractivity contribution is 5.64. The van der Waals surface area contributed by atoms with Crippen molar-refractivity contribution in [1.29, 1.82) is 0 Å². The molecule has 4 heteroatoms. The maximum atomic E-state index is 5.82. The van der Waals surface area contributed by atoms with E-state index >= 15 is 0 Å². The second kappa shape index (κ2) is 4.79. The lowest BCUT2D eigenvalue weighted by molar-refractivity contribution is 0.0347. The molecule has 0 saturated heterocycles.